The number of nitrogens with one attached hydrogen (secondary N) is 1. The summed E-state index contributed by atoms with van der Waals surface area (Å²) in [4.78, 5) is 26.4. The van der Waals surface area contributed by atoms with Crippen molar-refractivity contribution in [3.63, 3.8) is 0 Å². The van der Waals surface area contributed by atoms with Crippen LogP contribution in [-0.4, -0.2) is 28.6 Å². The van der Waals surface area contributed by atoms with Crippen LogP contribution in [0.5, 0.6) is 0 Å². The Morgan fingerprint density at radius 3 is 2.66 bits per heavy atom. The number of nitrogens with zero attached hydrogens (tertiary/aromatic N) is 3. The van der Waals surface area contributed by atoms with Crippen molar-refractivity contribution in [3.8, 4) is 0 Å². The number of carbonyl (C=O) groups is 2. The molecule has 1 atom stereocenters. The molecule has 7 nitrogen and oxygen atoms in total. The second kappa shape index (κ2) is 7.87. The first kappa shape index (κ1) is 18.9. The largest absolute Gasteiger partial charge is 0.425 e. The topological polar surface area (TPSA) is 88.3 Å². The maximum absolute atomic E-state index is 12.8. The van der Waals surface area contributed by atoms with Crippen LogP contribution in [0, 0.1) is 6.92 Å². The van der Waals surface area contributed by atoms with Gasteiger partial charge in [0.05, 0.1) is 5.92 Å². The number of hydrogen-bond donors (Lipinski definition) is 1. The molecular weight excluding hydrogens is 368 g/mol. The van der Waals surface area contributed by atoms with Crippen LogP contribution in [0.3, 0.4) is 0 Å². The lowest BCUT2D eigenvalue weighted by molar-refractivity contribution is -0.117. The van der Waals surface area contributed by atoms with Crippen molar-refractivity contribution < 1.29 is 14.0 Å². The van der Waals surface area contributed by atoms with Gasteiger partial charge in [0.25, 0.3) is 0 Å². The van der Waals surface area contributed by atoms with Crippen LogP contribution in [0.25, 0.3) is 0 Å². The molecule has 7 heteroatoms. The highest BCUT2D eigenvalue weighted by molar-refractivity contribution is 5.96. The predicted molar refractivity (Wildman–Crippen MR) is 109 cm³/mol. The first-order chi connectivity index (χ1) is 14.0. The number of carbonyl (C=O) groups excluding carboxylic acids is 2. The molecule has 0 spiro atoms. The van der Waals surface area contributed by atoms with Crippen LogP contribution in [-0.2, 0) is 16.0 Å². The van der Waals surface area contributed by atoms with Gasteiger partial charge in [0, 0.05) is 38.2 Å². The number of aromatic nitrogens is 2. The van der Waals surface area contributed by atoms with Gasteiger partial charge < -0.3 is 14.6 Å². The number of amides is 2. The second-order valence-electron chi connectivity index (χ2n) is 7.14. The number of benzene rings is 2. The van der Waals surface area contributed by atoms with Gasteiger partial charge in [0.15, 0.2) is 0 Å². The third-order valence-corrected chi connectivity index (χ3v) is 5.08. The van der Waals surface area contributed by atoms with Crippen LogP contribution in [0.4, 0.5) is 11.4 Å². The SMILES string of the molecule is CC(=O)N1CCc2ccc(NC(=O)CC(c3ccccc3)c3nnc(C)o3)cc21. The molecule has 148 valence electrons. The number of fused-ring (bicyclic) bond motifs is 1. The van der Waals surface area contributed by atoms with Crippen molar-refractivity contribution in [3.05, 3.63) is 71.4 Å². The second-order valence-corrected chi connectivity index (χ2v) is 7.14. The number of rotatable bonds is 5. The van der Waals surface area contributed by atoms with E-state index in [-0.39, 0.29) is 24.2 Å². The summed E-state index contributed by atoms with van der Waals surface area (Å²) in [5, 5.41) is 11.0. The zero-order valence-electron chi connectivity index (χ0n) is 16.4. The van der Waals surface area contributed by atoms with E-state index in [1.165, 1.54) is 0 Å². The summed E-state index contributed by atoms with van der Waals surface area (Å²) < 4.78 is 5.61. The Balaban J connectivity index is 1.53. The third kappa shape index (κ3) is 4.03. The van der Waals surface area contributed by atoms with Crippen molar-refractivity contribution in [1.29, 1.82) is 0 Å². The number of hydrogen-bond acceptors (Lipinski definition) is 5. The summed E-state index contributed by atoms with van der Waals surface area (Å²) in [6.07, 6.45) is 0.995. The number of anilines is 2. The molecule has 0 bridgehead atoms. The molecule has 3 aromatic rings. The predicted octanol–water partition coefficient (Wildman–Crippen LogP) is 3.45. The average Bonchev–Trinajstić information content (AvgIpc) is 3.32. The highest BCUT2D eigenvalue weighted by Gasteiger charge is 2.25. The lowest BCUT2D eigenvalue weighted by Gasteiger charge is -2.17. The minimum absolute atomic E-state index is 0.00290. The van der Waals surface area contributed by atoms with Gasteiger partial charge in [-0.25, -0.2) is 0 Å². The van der Waals surface area contributed by atoms with Crippen molar-refractivity contribution in [2.75, 3.05) is 16.8 Å². The van der Waals surface area contributed by atoms with E-state index in [0.717, 1.165) is 23.2 Å². The standard InChI is InChI=1S/C22H22N4O3/c1-14-24-25-22(29-14)19(16-6-4-3-5-7-16)13-21(28)23-18-9-8-17-10-11-26(15(2)27)20(17)12-18/h3-9,12,19H,10-11,13H2,1-2H3,(H,23,28). The fourth-order valence-corrected chi connectivity index (χ4v) is 3.67. The Bertz CT molecular complexity index is 1050. The summed E-state index contributed by atoms with van der Waals surface area (Å²) in [6, 6.07) is 15.3. The smallest absolute Gasteiger partial charge is 0.225 e. The normalized spacial score (nSPS) is 13.8. The van der Waals surface area contributed by atoms with Crippen molar-refractivity contribution in [2.24, 2.45) is 0 Å². The summed E-state index contributed by atoms with van der Waals surface area (Å²) >= 11 is 0. The van der Waals surface area contributed by atoms with Crippen molar-refractivity contribution in [2.45, 2.75) is 32.6 Å². The summed E-state index contributed by atoms with van der Waals surface area (Å²) in [6.45, 7) is 3.95. The summed E-state index contributed by atoms with van der Waals surface area (Å²) in [7, 11) is 0. The maximum Gasteiger partial charge on any atom is 0.225 e. The molecule has 0 radical (unpaired) electrons. The van der Waals surface area contributed by atoms with Crippen molar-refractivity contribution >= 4 is 23.2 Å². The molecule has 2 heterocycles. The van der Waals surface area contributed by atoms with Crippen molar-refractivity contribution in [1.82, 2.24) is 10.2 Å². The van der Waals surface area contributed by atoms with E-state index in [1.54, 1.807) is 18.7 Å². The summed E-state index contributed by atoms with van der Waals surface area (Å²) in [5.41, 5.74) is 3.57. The van der Waals surface area contributed by atoms with Gasteiger partial charge in [-0.2, -0.15) is 0 Å². The first-order valence-electron chi connectivity index (χ1n) is 9.57. The number of aryl methyl sites for hydroxylation is 1. The van der Waals surface area contributed by atoms with Gasteiger partial charge in [-0.15, -0.1) is 10.2 Å². The molecule has 1 aromatic heterocycles. The van der Waals surface area contributed by atoms with E-state index >= 15 is 0 Å². The molecular formula is C22H22N4O3. The third-order valence-electron chi connectivity index (χ3n) is 5.08. The Kier molecular flexibility index (Phi) is 5.12. The monoisotopic (exact) mass is 390 g/mol. The molecule has 0 saturated heterocycles. The van der Waals surface area contributed by atoms with E-state index < -0.39 is 0 Å². The van der Waals surface area contributed by atoms with Gasteiger partial charge >= 0.3 is 0 Å². The van der Waals surface area contributed by atoms with E-state index in [4.69, 9.17) is 4.42 Å². The zero-order valence-corrected chi connectivity index (χ0v) is 16.4. The van der Waals surface area contributed by atoms with Crippen LogP contribution >= 0.6 is 0 Å². The molecule has 0 aliphatic carbocycles. The van der Waals surface area contributed by atoms with Gasteiger partial charge in [-0.3, -0.25) is 9.59 Å². The van der Waals surface area contributed by atoms with E-state index in [1.807, 2.05) is 48.5 Å². The maximum atomic E-state index is 12.8. The Labute approximate surface area is 168 Å². The highest BCUT2D eigenvalue weighted by Crippen LogP contribution is 2.32. The molecule has 0 saturated carbocycles. The van der Waals surface area contributed by atoms with Gasteiger partial charge in [0.1, 0.15) is 0 Å². The molecule has 2 aromatic carbocycles. The molecule has 0 fully saturated rings. The zero-order chi connectivity index (χ0) is 20.4. The van der Waals surface area contributed by atoms with Gasteiger partial charge in [-0.05, 0) is 29.7 Å². The Hall–Kier alpha value is -3.48. The fraction of sp³-hybridized carbons (Fsp3) is 0.273. The van der Waals surface area contributed by atoms with Gasteiger partial charge in [0.2, 0.25) is 23.6 Å². The fourth-order valence-electron chi connectivity index (χ4n) is 3.67. The van der Waals surface area contributed by atoms with E-state index in [0.29, 0.717) is 24.0 Å². The highest BCUT2D eigenvalue weighted by atomic mass is 16.4. The van der Waals surface area contributed by atoms with Crippen LogP contribution < -0.4 is 10.2 Å². The van der Waals surface area contributed by atoms with E-state index in [2.05, 4.69) is 15.5 Å². The minimum Gasteiger partial charge on any atom is -0.425 e. The Morgan fingerprint density at radius 1 is 1.17 bits per heavy atom. The molecule has 2 amide bonds. The van der Waals surface area contributed by atoms with Gasteiger partial charge in [-0.1, -0.05) is 36.4 Å². The average molecular weight is 390 g/mol. The van der Waals surface area contributed by atoms with Crippen LogP contribution in [0.1, 0.15) is 42.2 Å². The molecule has 1 aliphatic heterocycles. The lowest BCUT2D eigenvalue weighted by atomic mass is 9.95. The summed E-state index contributed by atoms with van der Waals surface area (Å²) in [5.74, 6) is 0.385. The minimum atomic E-state index is -0.333. The van der Waals surface area contributed by atoms with Crippen LogP contribution in [0.2, 0.25) is 0 Å². The molecule has 1 aliphatic rings. The Morgan fingerprint density at radius 2 is 1.97 bits per heavy atom. The molecule has 4 rings (SSSR count). The quantitative estimate of drug-likeness (QED) is 0.721. The molecule has 1 unspecified atom stereocenters. The van der Waals surface area contributed by atoms with Crippen LogP contribution in [0.15, 0.2) is 52.9 Å². The molecule has 29 heavy (non-hydrogen) atoms. The molecule has 1 N–H and O–H groups in total. The lowest BCUT2D eigenvalue weighted by Crippen LogP contribution is -2.25. The van der Waals surface area contributed by atoms with E-state index in [9.17, 15) is 9.59 Å². The first-order valence-corrected chi connectivity index (χ1v) is 9.57.